The minimum Gasteiger partial charge on any atom is -0.507 e. The second-order valence-electron chi connectivity index (χ2n) is 8.21. The number of carbonyl (C=O) groups excluding carboxylic acids is 2. The van der Waals surface area contributed by atoms with Crippen LogP contribution in [0.3, 0.4) is 0 Å². The number of likely N-dealkylation sites (N-methyl/N-ethyl adjacent to an activating group) is 1. The van der Waals surface area contributed by atoms with Crippen LogP contribution in [0.1, 0.15) is 27.6 Å². The number of rotatable bonds is 4. The molecule has 1 atom stereocenters. The molecule has 1 N–H and O–H groups in total. The Labute approximate surface area is 195 Å². The zero-order valence-corrected chi connectivity index (χ0v) is 19.1. The summed E-state index contributed by atoms with van der Waals surface area (Å²) < 4.78 is 5.70. The summed E-state index contributed by atoms with van der Waals surface area (Å²) in [6, 6.07) is 10.3. The summed E-state index contributed by atoms with van der Waals surface area (Å²) in [4.78, 5) is 34.9. The quantitative estimate of drug-likeness (QED) is 0.361. The maximum Gasteiger partial charge on any atom is 0.295 e. The molecule has 1 aromatic carbocycles. The van der Waals surface area contributed by atoms with Crippen molar-refractivity contribution in [2.45, 2.75) is 19.5 Å². The fraction of sp³-hybridized carbons (Fsp3) is 0.240. The molecule has 2 aliphatic rings. The number of aliphatic hydroxyl groups excluding tert-OH is 1. The number of aliphatic hydroxyl groups is 1. The Balaban J connectivity index is 1.64. The van der Waals surface area contributed by atoms with E-state index in [1.54, 1.807) is 36.7 Å². The molecule has 0 radical (unpaired) electrons. The number of ketones is 1. The van der Waals surface area contributed by atoms with Crippen molar-refractivity contribution in [3.63, 3.8) is 0 Å². The van der Waals surface area contributed by atoms with Crippen LogP contribution >= 0.6 is 11.3 Å². The Morgan fingerprint density at radius 2 is 2.12 bits per heavy atom. The van der Waals surface area contributed by atoms with E-state index in [1.165, 1.54) is 16.2 Å². The number of carbonyl (C=O) groups is 2. The molecule has 2 aliphatic heterocycles. The first-order valence-electron chi connectivity index (χ1n) is 10.7. The minimum absolute atomic E-state index is 0.105. The highest BCUT2D eigenvalue weighted by atomic mass is 32.1. The lowest BCUT2D eigenvalue weighted by Gasteiger charge is -2.28. The summed E-state index contributed by atoms with van der Waals surface area (Å²) >= 11 is 1.47. The molecular weight excluding hydrogens is 438 g/mol. The molecule has 0 bridgehead atoms. The molecule has 168 valence electrons. The number of nitrogens with zero attached hydrogens (tertiary/aromatic N) is 3. The van der Waals surface area contributed by atoms with Gasteiger partial charge < -0.3 is 19.6 Å². The number of anilines is 1. The van der Waals surface area contributed by atoms with Crippen molar-refractivity contribution in [1.82, 2.24) is 9.88 Å². The number of Topliss-reactive ketones (excluding diaryl/α,β-unsaturated/α-hetero) is 1. The minimum atomic E-state index is -0.684. The first kappa shape index (κ1) is 21.2. The van der Waals surface area contributed by atoms with Crippen LogP contribution in [0.4, 0.5) is 5.69 Å². The van der Waals surface area contributed by atoms with Gasteiger partial charge in [-0.25, -0.2) is 0 Å². The van der Waals surface area contributed by atoms with Gasteiger partial charge in [0.25, 0.3) is 11.7 Å². The van der Waals surface area contributed by atoms with Gasteiger partial charge in [0.05, 0.1) is 17.8 Å². The van der Waals surface area contributed by atoms with Gasteiger partial charge in [0.15, 0.2) is 0 Å². The van der Waals surface area contributed by atoms with Crippen LogP contribution in [-0.2, 0) is 16.1 Å². The third-order valence-electron chi connectivity index (χ3n) is 6.09. The molecule has 1 amide bonds. The highest BCUT2D eigenvalue weighted by Gasteiger charge is 2.47. The number of hydrogen-bond acceptors (Lipinski definition) is 7. The van der Waals surface area contributed by atoms with Gasteiger partial charge in [0, 0.05) is 36.4 Å². The molecule has 33 heavy (non-hydrogen) atoms. The van der Waals surface area contributed by atoms with Crippen molar-refractivity contribution in [1.29, 1.82) is 0 Å². The lowest BCUT2D eigenvalue weighted by Crippen LogP contribution is -2.29. The van der Waals surface area contributed by atoms with Crippen LogP contribution in [0.25, 0.3) is 5.76 Å². The van der Waals surface area contributed by atoms with E-state index in [9.17, 15) is 14.7 Å². The molecule has 7 nitrogen and oxygen atoms in total. The predicted octanol–water partition coefficient (Wildman–Crippen LogP) is 3.90. The van der Waals surface area contributed by atoms with Crippen LogP contribution in [0.15, 0.2) is 59.7 Å². The Hall–Kier alpha value is -3.65. The summed E-state index contributed by atoms with van der Waals surface area (Å²) in [7, 11) is 1.95. The summed E-state index contributed by atoms with van der Waals surface area (Å²) in [5, 5.41) is 13.3. The van der Waals surface area contributed by atoms with Crippen LogP contribution in [0, 0.1) is 6.92 Å². The highest BCUT2D eigenvalue weighted by molar-refractivity contribution is 7.10. The summed E-state index contributed by atoms with van der Waals surface area (Å²) in [6.07, 6.45) is 3.34. The fourth-order valence-corrected chi connectivity index (χ4v) is 5.37. The number of likely N-dealkylation sites (tertiary alicyclic amines) is 1. The Morgan fingerprint density at radius 3 is 2.85 bits per heavy atom. The number of hydrogen-bond donors (Lipinski definition) is 1. The van der Waals surface area contributed by atoms with Crippen molar-refractivity contribution >= 4 is 34.5 Å². The first-order valence-corrected chi connectivity index (χ1v) is 11.5. The zero-order valence-electron chi connectivity index (χ0n) is 18.3. The van der Waals surface area contributed by atoms with Gasteiger partial charge in [-0.15, -0.1) is 11.3 Å². The maximum atomic E-state index is 13.2. The molecule has 1 saturated heterocycles. The van der Waals surface area contributed by atoms with Crippen molar-refractivity contribution in [2.75, 3.05) is 25.1 Å². The molecule has 0 saturated carbocycles. The number of benzene rings is 1. The number of fused-ring (bicyclic) bond motifs is 1. The van der Waals surface area contributed by atoms with E-state index in [4.69, 9.17) is 4.74 Å². The third-order valence-corrected chi connectivity index (χ3v) is 7.16. The van der Waals surface area contributed by atoms with Crippen molar-refractivity contribution in [3.05, 3.63) is 81.3 Å². The Bertz CT molecular complexity index is 1270. The number of aryl methyl sites for hydroxylation is 1. The summed E-state index contributed by atoms with van der Waals surface area (Å²) in [6.45, 7) is 3.48. The van der Waals surface area contributed by atoms with Crippen LogP contribution in [-0.4, -0.2) is 46.9 Å². The molecular formula is C25H23N3O4S. The molecule has 1 fully saturated rings. The van der Waals surface area contributed by atoms with E-state index < -0.39 is 17.7 Å². The van der Waals surface area contributed by atoms with E-state index in [0.29, 0.717) is 12.2 Å². The van der Waals surface area contributed by atoms with Gasteiger partial charge in [-0.3, -0.25) is 14.6 Å². The monoisotopic (exact) mass is 461 g/mol. The maximum absolute atomic E-state index is 13.2. The van der Waals surface area contributed by atoms with Gasteiger partial charge in [-0.1, -0.05) is 6.07 Å². The average molecular weight is 462 g/mol. The van der Waals surface area contributed by atoms with Crippen molar-refractivity contribution in [2.24, 2.45) is 0 Å². The van der Waals surface area contributed by atoms with Crippen molar-refractivity contribution < 1.29 is 19.4 Å². The predicted molar refractivity (Wildman–Crippen MR) is 126 cm³/mol. The van der Waals surface area contributed by atoms with Crippen LogP contribution in [0.5, 0.6) is 5.75 Å². The number of ether oxygens (including phenoxy) is 1. The zero-order chi connectivity index (χ0) is 23.1. The Kier molecular flexibility index (Phi) is 5.38. The van der Waals surface area contributed by atoms with Gasteiger partial charge >= 0.3 is 0 Å². The molecule has 8 heteroatoms. The lowest BCUT2D eigenvalue weighted by atomic mass is 9.97. The number of thiophene rings is 1. The Morgan fingerprint density at radius 1 is 1.27 bits per heavy atom. The van der Waals surface area contributed by atoms with Crippen molar-refractivity contribution in [3.8, 4) is 5.75 Å². The fourth-order valence-electron chi connectivity index (χ4n) is 4.32. The number of amides is 1. The van der Waals surface area contributed by atoms with E-state index in [0.717, 1.165) is 34.0 Å². The van der Waals surface area contributed by atoms with Gasteiger partial charge in [-0.2, -0.15) is 0 Å². The number of pyridine rings is 1. The molecule has 4 heterocycles. The van der Waals surface area contributed by atoms with Gasteiger partial charge in [0.2, 0.25) is 0 Å². The molecule has 3 aromatic rings. The average Bonchev–Trinajstić information content (AvgIpc) is 3.35. The highest BCUT2D eigenvalue weighted by Crippen LogP contribution is 2.44. The third kappa shape index (κ3) is 3.66. The molecule has 2 aromatic heterocycles. The van der Waals surface area contributed by atoms with Crippen LogP contribution < -0.4 is 9.64 Å². The van der Waals surface area contributed by atoms with E-state index >= 15 is 0 Å². The summed E-state index contributed by atoms with van der Waals surface area (Å²) in [5.41, 5.74) is 3.19. The topological polar surface area (TPSA) is 83.0 Å². The SMILES string of the molecule is Cc1ccsc1C1/C(=C(/O)c2ccc3c(c2)N(C)CCO3)C(=O)C(=O)N1Cc1cccnc1. The van der Waals surface area contributed by atoms with E-state index in [-0.39, 0.29) is 17.9 Å². The molecule has 0 aliphatic carbocycles. The van der Waals surface area contributed by atoms with E-state index in [2.05, 4.69) is 4.98 Å². The van der Waals surface area contributed by atoms with Crippen LogP contribution in [0.2, 0.25) is 0 Å². The first-order chi connectivity index (χ1) is 16.0. The molecule has 5 rings (SSSR count). The largest absolute Gasteiger partial charge is 0.507 e. The standard InChI is InChI=1S/C25H23N3O4S/c1-15-7-11-33-24(15)21-20(23(30)25(31)28(21)14-16-4-3-8-26-13-16)22(29)17-5-6-19-18(12-17)27(2)9-10-32-19/h3-8,11-13,21,29H,9-10,14H2,1-2H3/b22-20-. The van der Waals surface area contributed by atoms with Gasteiger partial charge in [0.1, 0.15) is 24.2 Å². The molecule has 1 unspecified atom stereocenters. The van der Waals surface area contributed by atoms with E-state index in [1.807, 2.05) is 36.4 Å². The second kappa shape index (κ2) is 8.37. The summed E-state index contributed by atoms with van der Waals surface area (Å²) in [5.74, 6) is -0.766. The second-order valence-corrected chi connectivity index (χ2v) is 9.16. The lowest BCUT2D eigenvalue weighted by molar-refractivity contribution is -0.140. The number of aromatic nitrogens is 1. The van der Waals surface area contributed by atoms with Gasteiger partial charge in [-0.05, 0) is 53.8 Å². The molecule has 0 spiro atoms. The smallest absolute Gasteiger partial charge is 0.295 e. The normalized spacial score (nSPS) is 19.5.